The van der Waals surface area contributed by atoms with Crippen molar-refractivity contribution in [3.05, 3.63) is 0 Å². The van der Waals surface area contributed by atoms with Crippen LogP contribution in [0, 0.1) is 0 Å². The van der Waals surface area contributed by atoms with Crippen LogP contribution in [-0.2, 0) is 9.59 Å². The molecule has 3 heteroatoms. The van der Waals surface area contributed by atoms with Gasteiger partial charge in [-0.05, 0) is 13.8 Å². The Morgan fingerprint density at radius 3 is 1.78 bits per heavy atom. The van der Waals surface area contributed by atoms with Crippen LogP contribution in [-0.4, -0.2) is 19.2 Å². The first-order valence-electron chi connectivity index (χ1n) is 2.40. The lowest BCUT2D eigenvalue weighted by molar-refractivity contribution is -0.109. The predicted octanol–water partition coefficient (Wildman–Crippen LogP) is 0.594. The molecule has 0 saturated heterocycles. The summed E-state index contributed by atoms with van der Waals surface area (Å²) in [6.45, 7) is 4.04. The summed E-state index contributed by atoms with van der Waals surface area (Å²) in [4.78, 5) is 18.1. The van der Waals surface area contributed by atoms with Gasteiger partial charge in [0.2, 0.25) is 6.41 Å². The molecule has 0 atom stereocenters. The van der Waals surface area contributed by atoms with Crippen LogP contribution in [0.5, 0.6) is 0 Å². The number of carbonyl (C=O) groups is 2. The van der Waals surface area contributed by atoms with Crippen LogP contribution in [0.15, 0.2) is 0 Å². The van der Waals surface area contributed by atoms with E-state index in [1.807, 2.05) is 6.92 Å². The van der Waals surface area contributed by atoms with Gasteiger partial charge in [-0.3, -0.25) is 4.79 Å². The minimum absolute atomic E-state index is 0. The third-order valence-electron chi connectivity index (χ3n) is 0.287. The molecule has 0 aromatic rings. The standard InChI is InChI=1S/C3H7NO.C2H4O.CH4/c1-2-4-3-5;1-2-3;/h3H,2H2,1H3,(H,4,5);2H,1H3;1H4. The van der Waals surface area contributed by atoms with E-state index in [9.17, 15) is 4.79 Å². The smallest absolute Gasteiger partial charge is 0.207 e. The highest BCUT2D eigenvalue weighted by molar-refractivity contribution is 5.45. The molecule has 1 amide bonds. The Morgan fingerprint density at radius 1 is 1.44 bits per heavy atom. The van der Waals surface area contributed by atoms with Crippen LogP contribution in [0.3, 0.4) is 0 Å². The largest absolute Gasteiger partial charge is 0.359 e. The first kappa shape index (κ1) is 15.7. The minimum Gasteiger partial charge on any atom is -0.359 e. The molecule has 0 saturated carbocycles. The summed E-state index contributed by atoms with van der Waals surface area (Å²) in [5, 5.41) is 2.43. The van der Waals surface area contributed by atoms with Crippen molar-refractivity contribution < 1.29 is 9.59 Å². The van der Waals surface area contributed by atoms with Gasteiger partial charge in [-0.25, -0.2) is 0 Å². The summed E-state index contributed by atoms with van der Waals surface area (Å²) in [6, 6.07) is 0. The Morgan fingerprint density at radius 2 is 1.78 bits per heavy atom. The molecule has 9 heavy (non-hydrogen) atoms. The molecule has 0 fully saturated rings. The fourth-order valence-electron chi connectivity index (χ4n) is 0.0833. The van der Waals surface area contributed by atoms with Crippen LogP contribution in [0.1, 0.15) is 21.3 Å². The van der Waals surface area contributed by atoms with Crippen molar-refractivity contribution in [2.45, 2.75) is 21.3 Å². The Hall–Kier alpha value is -0.860. The Bertz CT molecular complexity index is 55.0. The molecule has 0 bridgehead atoms. The zero-order valence-corrected chi connectivity index (χ0v) is 5.18. The molecule has 0 aliphatic heterocycles. The topological polar surface area (TPSA) is 46.2 Å². The molecule has 0 aliphatic carbocycles. The zero-order chi connectivity index (χ0) is 6.83. The van der Waals surface area contributed by atoms with Crippen molar-refractivity contribution in [3.63, 3.8) is 0 Å². The third kappa shape index (κ3) is 145. The zero-order valence-electron chi connectivity index (χ0n) is 5.18. The number of rotatable bonds is 2. The normalized spacial score (nSPS) is 5.11. The van der Waals surface area contributed by atoms with Gasteiger partial charge in [-0.2, -0.15) is 0 Å². The fraction of sp³-hybridized carbons (Fsp3) is 0.667. The second-order valence-electron chi connectivity index (χ2n) is 0.911. The second-order valence-corrected chi connectivity index (χ2v) is 0.911. The molecule has 0 unspecified atom stereocenters. The number of carbonyl (C=O) groups excluding carboxylic acids is 2. The number of hydrogen-bond donors (Lipinski definition) is 1. The maximum atomic E-state index is 9.29. The first-order chi connectivity index (χ1) is 3.83. The van der Waals surface area contributed by atoms with Gasteiger partial charge in [-0.1, -0.05) is 7.43 Å². The van der Waals surface area contributed by atoms with E-state index in [0.717, 1.165) is 12.8 Å². The SMILES string of the molecule is C.CC=O.CCNC=O. The highest BCUT2D eigenvalue weighted by Gasteiger charge is 1.59. The lowest BCUT2D eigenvalue weighted by Gasteiger charge is -1.78. The average molecular weight is 133 g/mol. The van der Waals surface area contributed by atoms with Gasteiger partial charge in [0.25, 0.3) is 0 Å². The summed E-state index contributed by atoms with van der Waals surface area (Å²) in [7, 11) is 0. The lowest BCUT2D eigenvalue weighted by atomic mass is 10.8. The Kier molecular flexibility index (Phi) is 47.6. The van der Waals surface area contributed by atoms with Crippen molar-refractivity contribution in [2.24, 2.45) is 0 Å². The van der Waals surface area contributed by atoms with E-state index < -0.39 is 0 Å². The summed E-state index contributed by atoms with van der Waals surface area (Å²) in [5.74, 6) is 0. The van der Waals surface area contributed by atoms with Gasteiger partial charge in [0.15, 0.2) is 0 Å². The van der Waals surface area contributed by atoms with Gasteiger partial charge in [-0.15, -0.1) is 0 Å². The number of aldehydes is 1. The molecule has 1 N–H and O–H groups in total. The molecular weight excluding hydrogens is 118 g/mol. The second kappa shape index (κ2) is 27.3. The number of hydrogen-bond acceptors (Lipinski definition) is 2. The maximum absolute atomic E-state index is 9.29. The van der Waals surface area contributed by atoms with Crippen molar-refractivity contribution >= 4 is 12.7 Å². The minimum atomic E-state index is 0. The van der Waals surface area contributed by atoms with E-state index >= 15 is 0 Å². The average Bonchev–Trinajstić information content (AvgIpc) is 1.71. The van der Waals surface area contributed by atoms with E-state index in [1.165, 1.54) is 6.92 Å². The maximum Gasteiger partial charge on any atom is 0.207 e. The molecular formula is C6H15NO2. The predicted molar refractivity (Wildman–Crippen MR) is 38.2 cm³/mol. The van der Waals surface area contributed by atoms with Crippen molar-refractivity contribution in [1.82, 2.24) is 5.32 Å². The Balaban J connectivity index is -0.0000000800. The molecule has 0 spiro atoms. The van der Waals surface area contributed by atoms with E-state index in [0.29, 0.717) is 6.41 Å². The monoisotopic (exact) mass is 133 g/mol. The van der Waals surface area contributed by atoms with Crippen LogP contribution in [0.25, 0.3) is 0 Å². The molecule has 0 aliphatic rings. The molecule has 0 heterocycles. The van der Waals surface area contributed by atoms with Gasteiger partial charge in [0.05, 0.1) is 0 Å². The van der Waals surface area contributed by atoms with Gasteiger partial charge < -0.3 is 10.1 Å². The molecule has 3 nitrogen and oxygen atoms in total. The van der Waals surface area contributed by atoms with Crippen LogP contribution in [0.4, 0.5) is 0 Å². The fourth-order valence-corrected chi connectivity index (χ4v) is 0.0833. The highest BCUT2D eigenvalue weighted by Crippen LogP contribution is 1.37. The lowest BCUT2D eigenvalue weighted by Crippen LogP contribution is -2.07. The third-order valence-corrected chi connectivity index (χ3v) is 0.287. The Labute approximate surface area is 56.4 Å². The molecule has 56 valence electrons. The van der Waals surface area contributed by atoms with Crippen molar-refractivity contribution in [1.29, 1.82) is 0 Å². The van der Waals surface area contributed by atoms with Crippen LogP contribution >= 0.6 is 0 Å². The van der Waals surface area contributed by atoms with E-state index in [-0.39, 0.29) is 7.43 Å². The summed E-state index contributed by atoms with van der Waals surface area (Å²) in [5.41, 5.74) is 0. The molecule has 0 radical (unpaired) electrons. The molecule has 0 aromatic heterocycles. The van der Waals surface area contributed by atoms with Gasteiger partial charge in [0, 0.05) is 6.54 Å². The van der Waals surface area contributed by atoms with Gasteiger partial charge in [0.1, 0.15) is 6.29 Å². The van der Waals surface area contributed by atoms with Crippen LogP contribution < -0.4 is 5.32 Å². The van der Waals surface area contributed by atoms with E-state index in [4.69, 9.17) is 4.79 Å². The highest BCUT2D eigenvalue weighted by atomic mass is 16.1. The van der Waals surface area contributed by atoms with E-state index in [1.54, 1.807) is 0 Å². The van der Waals surface area contributed by atoms with Gasteiger partial charge >= 0.3 is 0 Å². The summed E-state index contributed by atoms with van der Waals surface area (Å²) in [6.07, 6.45) is 1.43. The van der Waals surface area contributed by atoms with Crippen LogP contribution in [0.2, 0.25) is 0 Å². The quantitative estimate of drug-likeness (QED) is 0.560. The summed E-state index contributed by atoms with van der Waals surface area (Å²) >= 11 is 0. The summed E-state index contributed by atoms with van der Waals surface area (Å²) < 4.78 is 0. The van der Waals surface area contributed by atoms with E-state index in [2.05, 4.69) is 5.32 Å². The van der Waals surface area contributed by atoms with Crippen molar-refractivity contribution in [3.8, 4) is 0 Å². The first-order valence-corrected chi connectivity index (χ1v) is 2.40. The molecule has 0 aromatic carbocycles. The number of nitrogens with one attached hydrogen (secondary N) is 1. The number of amides is 1. The molecule has 0 rings (SSSR count). The van der Waals surface area contributed by atoms with Crippen molar-refractivity contribution in [2.75, 3.05) is 6.54 Å².